The molecule has 3 heteroatoms. The minimum Gasteiger partial charge on any atom is -0.323 e. The first-order valence-corrected chi connectivity index (χ1v) is 4.27. The van der Waals surface area contributed by atoms with Gasteiger partial charge in [0.15, 0.2) is 0 Å². The minimum absolute atomic E-state index is 0.0407. The van der Waals surface area contributed by atoms with Crippen LogP contribution in [0.4, 0.5) is 0 Å². The van der Waals surface area contributed by atoms with E-state index in [0.29, 0.717) is 11.3 Å². The fraction of sp³-hybridized carbons (Fsp3) is 0.222. The van der Waals surface area contributed by atoms with Crippen LogP contribution in [-0.4, -0.2) is 5.75 Å². The largest absolute Gasteiger partial charge is 0.323 e. The predicted molar refractivity (Wildman–Crippen MR) is 51.9 cm³/mol. The molecule has 1 unspecified atom stereocenters. The number of hydrogen-bond donors (Lipinski definition) is 2. The van der Waals surface area contributed by atoms with Crippen LogP contribution in [0.3, 0.4) is 0 Å². The Morgan fingerprint density at radius 1 is 1.42 bits per heavy atom. The summed E-state index contributed by atoms with van der Waals surface area (Å²) in [5.41, 5.74) is 7.40. The molecule has 0 heterocycles. The Kier molecular flexibility index (Phi) is 3.15. The Hall–Kier alpha value is -0.980. The topological polar surface area (TPSA) is 49.8 Å². The van der Waals surface area contributed by atoms with Crippen molar-refractivity contribution in [3.8, 4) is 6.07 Å². The molecule has 0 aliphatic heterocycles. The van der Waals surface area contributed by atoms with Gasteiger partial charge >= 0.3 is 0 Å². The molecule has 0 fully saturated rings. The predicted octanol–water partition coefficient (Wildman–Crippen LogP) is 1.49. The summed E-state index contributed by atoms with van der Waals surface area (Å²) in [6, 6.07) is 9.26. The molecule has 0 aliphatic carbocycles. The number of nitrogens with zero attached hydrogens (tertiary/aromatic N) is 1. The van der Waals surface area contributed by atoms with Gasteiger partial charge in [0, 0.05) is 11.8 Å². The first-order chi connectivity index (χ1) is 5.77. The number of thiol groups is 1. The molecule has 0 amide bonds. The molecule has 0 bridgehead atoms. The number of nitriles is 1. The summed E-state index contributed by atoms with van der Waals surface area (Å²) in [6.07, 6.45) is 0. The Morgan fingerprint density at radius 2 is 2.00 bits per heavy atom. The van der Waals surface area contributed by atoms with E-state index in [9.17, 15) is 0 Å². The summed E-state index contributed by atoms with van der Waals surface area (Å²) in [4.78, 5) is 0. The van der Waals surface area contributed by atoms with Crippen molar-refractivity contribution in [2.24, 2.45) is 5.73 Å². The quantitative estimate of drug-likeness (QED) is 0.674. The van der Waals surface area contributed by atoms with Crippen molar-refractivity contribution in [2.75, 3.05) is 5.75 Å². The third-order valence-corrected chi connectivity index (χ3v) is 2.06. The Bertz CT molecular complexity index is 286. The second kappa shape index (κ2) is 4.15. The molecule has 0 aromatic heterocycles. The summed E-state index contributed by atoms with van der Waals surface area (Å²) < 4.78 is 0. The van der Waals surface area contributed by atoms with Crippen molar-refractivity contribution in [1.29, 1.82) is 5.26 Å². The van der Waals surface area contributed by atoms with Crippen LogP contribution in [0.1, 0.15) is 17.2 Å². The fourth-order valence-electron chi connectivity index (χ4n) is 0.910. The lowest BCUT2D eigenvalue weighted by atomic mass is 10.1. The molecular formula is C9H10N2S. The van der Waals surface area contributed by atoms with Crippen molar-refractivity contribution in [1.82, 2.24) is 0 Å². The number of rotatable bonds is 2. The average molecular weight is 178 g/mol. The van der Waals surface area contributed by atoms with Crippen molar-refractivity contribution in [2.45, 2.75) is 6.04 Å². The highest BCUT2D eigenvalue weighted by atomic mass is 32.1. The zero-order chi connectivity index (χ0) is 8.97. The normalized spacial score (nSPS) is 12.1. The second-order valence-electron chi connectivity index (χ2n) is 2.52. The highest BCUT2D eigenvalue weighted by Crippen LogP contribution is 2.11. The van der Waals surface area contributed by atoms with Crippen LogP contribution in [0.25, 0.3) is 0 Å². The van der Waals surface area contributed by atoms with E-state index < -0.39 is 0 Å². The number of benzene rings is 1. The molecule has 12 heavy (non-hydrogen) atoms. The van der Waals surface area contributed by atoms with Crippen LogP contribution in [0.2, 0.25) is 0 Å². The minimum atomic E-state index is -0.0407. The maximum absolute atomic E-state index is 8.53. The number of nitrogens with two attached hydrogens (primary N) is 1. The van der Waals surface area contributed by atoms with Gasteiger partial charge in [-0.15, -0.1) is 0 Å². The summed E-state index contributed by atoms with van der Waals surface area (Å²) in [5, 5.41) is 8.53. The van der Waals surface area contributed by atoms with Crippen molar-refractivity contribution >= 4 is 12.6 Å². The smallest absolute Gasteiger partial charge is 0.0991 e. The summed E-state index contributed by atoms with van der Waals surface area (Å²) in [5.74, 6) is 0.617. The Balaban J connectivity index is 2.86. The third-order valence-electron chi connectivity index (χ3n) is 1.66. The van der Waals surface area contributed by atoms with Gasteiger partial charge in [0.2, 0.25) is 0 Å². The molecule has 1 aromatic rings. The molecule has 2 nitrogen and oxygen atoms in total. The molecule has 0 spiro atoms. The van der Waals surface area contributed by atoms with Crippen LogP contribution in [0.15, 0.2) is 24.3 Å². The summed E-state index contributed by atoms with van der Waals surface area (Å²) in [6.45, 7) is 0. The van der Waals surface area contributed by atoms with Gasteiger partial charge < -0.3 is 5.73 Å². The lowest BCUT2D eigenvalue weighted by Crippen LogP contribution is -2.11. The van der Waals surface area contributed by atoms with E-state index in [1.165, 1.54) is 0 Å². The van der Waals surface area contributed by atoms with Crippen LogP contribution in [-0.2, 0) is 0 Å². The molecule has 1 aromatic carbocycles. The summed E-state index contributed by atoms with van der Waals surface area (Å²) >= 11 is 4.09. The van der Waals surface area contributed by atoms with Gasteiger partial charge in [-0.3, -0.25) is 0 Å². The van der Waals surface area contributed by atoms with Crippen molar-refractivity contribution < 1.29 is 0 Å². The van der Waals surface area contributed by atoms with Gasteiger partial charge in [-0.05, 0) is 17.7 Å². The van der Waals surface area contributed by atoms with Crippen LogP contribution >= 0.6 is 12.6 Å². The van der Waals surface area contributed by atoms with Crippen molar-refractivity contribution in [3.63, 3.8) is 0 Å². The fourth-order valence-corrected chi connectivity index (χ4v) is 1.12. The third kappa shape index (κ3) is 2.00. The van der Waals surface area contributed by atoms with E-state index in [1.807, 2.05) is 12.1 Å². The molecule has 0 saturated heterocycles. The average Bonchev–Trinajstić information content (AvgIpc) is 2.17. The van der Waals surface area contributed by atoms with Gasteiger partial charge in [-0.1, -0.05) is 12.1 Å². The maximum atomic E-state index is 8.53. The molecule has 1 rings (SSSR count). The lowest BCUT2D eigenvalue weighted by Gasteiger charge is -2.07. The van der Waals surface area contributed by atoms with E-state index in [4.69, 9.17) is 11.0 Å². The molecule has 0 radical (unpaired) electrons. The van der Waals surface area contributed by atoms with Crippen LogP contribution in [0, 0.1) is 11.3 Å². The standard InChI is InChI=1S/C9H10N2S/c10-5-7-1-3-8(4-2-7)9(11)6-12/h1-4,9,12H,6,11H2. The second-order valence-corrected chi connectivity index (χ2v) is 2.89. The van der Waals surface area contributed by atoms with E-state index in [-0.39, 0.29) is 6.04 Å². The first kappa shape index (κ1) is 9.11. The highest BCUT2D eigenvalue weighted by molar-refractivity contribution is 7.80. The number of hydrogen-bond acceptors (Lipinski definition) is 3. The molecule has 2 N–H and O–H groups in total. The van der Waals surface area contributed by atoms with Crippen LogP contribution in [0.5, 0.6) is 0 Å². The zero-order valence-electron chi connectivity index (χ0n) is 6.57. The molecule has 0 saturated carbocycles. The molecule has 0 aliphatic rings. The molecule has 1 atom stereocenters. The SMILES string of the molecule is N#Cc1ccc(C(N)CS)cc1. The van der Waals surface area contributed by atoms with Gasteiger partial charge in [0.25, 0.3) is 0 Å². The van der Waals surface area contributed by atoms with Gasteiger partial charge in [0.05, 0.1) is 11.6 Å². The zero-order valence-corrected chi connectivity index (χ0v) is 7.46. The lowest BCUT2D eigenvalue weighted by molar-refractivity contribution is 0.834. The van der Waals surface area contributed by atoms with Crippen LogP contribution < -0.4 is 5.73 Å². The van der Waals surface area contributed by atoms with E-state index in [2.05, 4.69) is 18.7 Å². The first-order valence-electron chi connectivity index (χ1n) is 3.64. The Morgan fingerprint density at radius 3 is 2.42 bits per heavy atom. The Labute approximate surface area is 77.4 Å². The van der Waals surface area contributed by atoms with Gasteiger partial charge in [-0.2, -0.15) is 17.9 Å². The van der Waals surface area contributed by atoms with E-state index in [1.54, 1.807) is 12.1 Å². The van der Waals surface area contributed by atoms with Gasteiger partial charge in [0.1, 0.15) is 0 Å². The maximum Gasteiger partial charge on any atom is 0.0991 e. The molecule has 62 valence electrons. The monoisotopic (exact) mass is 178 g/mol. The molecular weight excluding hydrogens is 168 g/mol. The highest BCUT2D eigenvalue weighted by Gasteiger charge is 2.01. The van der Waals surface area contributed by atoms with E-state index >= 15 is 0 Å². The summed E-state index contributed by atoms with van der Waals surface area (Å²) in [7, 11) is 0. The van der Waals surface area contributed by atoms with Gasteiger partial charge in [-0.25, -0.2) is 0 Å². The van der Waals surface area contributed by atoms with E-state index in [0.717, 1.165) is 5.56 Å². The van der Waals surface area contributed by atoms with Crippen molar-refractivity contribution in [3.05, 3.63) is 35.4 Å².